The standard InChI is InChI=1S/C90H118N2O2S4/c1-9-17-25-29-37-63(33-21-13-5)53-67-55-81(96-62-67)69-42-47-77-79(56-69)91(60-65(35-23-15-7)39-31-27-19-11-3)89(93)84(77)85-78-48-43-70(57-80(78)92(90(85)94)61-66(36-24-16-8)40-32-28-20-12-4)82-59-72(54-64(34-22-14-6)38-30-26-18-10-2)88(97-82)83-58-71-44-46-74-73-45-41-68-51-52-95-86(68)75(73)49-50-76(74)87(71)98-83/h41-52,55-59,62-66H,9-40,53-54,60-61H2,1-8H3/b85-84+. The van der Waals surface area contributed by atoms with E-state index in [1.807, 2.05) is 45.3 Å². The van der Waals surface area contributed by atoms with Crippen LogP contribution in [-0.2, 0) is 22.4 Å². The number of thiophene rings is 4. The van der Waals surface area contributed by atoms with Crippen molar-refractivity contribution in [3.8, 4) is 30.6 Å². The normalized spacial score (nSPS) is 15.3. The van der Waals surface area contributed by atoms with Crippen LogP contribution in [0.2, 0.25) is 0 Å². The van der Waals surface area contributed by atoms with Crippen LogP contribution in [0.3, 0.4) is 0 Å². The second kappa shape index (κ2) is 37.0. The Morgan fingerprint density at radius 1 is 0.357 bits per heavy atom. The van der Waals surface area contributed by atoms with Gasteiger partial charge in [-0.1, -0.05) is 296 Å². The fourth-order valence-corrected chi connectivity index (χ4v) is 20.9. The summed E-state index contributed by atoms with van der Waals surface area (Å²) < 4.78 is 2.74. The average Bonchev–Trinajstić information content (AvgIpc) is 1.60. The van der Waals surface area contributed by atoms with Gasteiger partial charge in [-0.05, 0) is 153 Å². The van der Waals surface area contributed by atoms with Gasteiger partial charge in [0.25, 0.3) is 11.8 Å². The quantitative estimate of drug-likeness (QED) is 0.0217. The van der Waals surface area contributed by atoms with Crippen molar-refractivity contribution in [2.45, 2.75) is 274 Å². The lowest BCUT2D eigenvalue weighted by atomic mass is 9.89. The van der Waals surface area contributed by atoms with Gasteiger partial charge in [0.05, 0.1) is 22.5 Å². The topological polar surface area (TPSA) is 40.6 Å². The SMILES string of the molecule is CCCCCCC(CCCC)Cc1csc(-c2ccc3c(c2)N(CC(CCCC)CCCCCC)C(=O)/C3=C2/C(=O)N(CC(CCCC)CCCCCC)c3cc(-c4cc(CC(CCCC)CCCCCC)c(-c5cc6ccc7c8ccc9ccsc9c8ccc7c6s5)s4)ccc32)c1. The predicted octanol–water partition coefficient (Wildman–Crippen LogP) is 29.3. The molecule has 0 radical (unpaired) electrons. The molecule has 0 fully saturated rings. The average molecular weight is 1390 g/mol. The molecule has 524 valence electrons. The van der Waals surface area contributed by atoms with Gasteiger partial charge in [0.2, 0.25) is 0 Å². The van der Waals surface area contributed by atoms with Crippen LogP contribution in [0.4, 0.5) is 11.4 Å². The summed E-state index contributed by atoms with van der Waals surface area (Å²) >= 11 is 7.65. The molecule has 2 aliphatic heterocycles. The molecular weight excluding hydrogens is 1270 g/mol. The molecule has 0 saturated carbocycles. The van der Waals surface area contributed by atoms with Crippen molar-refractivity contribution in [2.75, 3.05) is 22.9 Å². The van der Waals surface area contributed by atoms with Gasteiger partial charge in [-0.3, -0.25) is 9.59 Å². The minimum absolute atomic E-state index is 0.00392. The molecule has 0 saturated heterocycles. The largest absolute Gasteiger partial charge is 0.307 e. The Labute approximate surface area is 607 Å². The third-order valence-electron chi connectivity index (χ3n) is 22.3. The minimum Gasteiger partial charge on any atom is -0.307 e. The molecule has 4 nitrogen and oxygen atoms in total. The third-order valence-corrected chi connectivity index (χ3v) is 26.9. The van der Waals surface area contributed by atoms with Gasteiger partial charge in [0.1, 0.15) is 0 Å². The zero-order valence-corrected chi connectivity index (χ0v) is 64.8. The van der Waals surface area contributed by atoms with E-state index in [-0.39, 0.29) is 11.8 Å². The van der Waals surface area contributed by atoms with Crippen molar-refractivity contribution in [1.82, 2.24) is 0 Å². The van der Waals surface area contributed by atoms with Crippen molar-refractivity contribution in [2.24, 2.45) is 23.7 Å². The Kier molecular flexibility index (Phi) is 27.9. The van der Waals surface area contributed by atoms with Gasteiger partial charge in [0, 0.05) is 63.9 Å². The maximum atomic E-state index is 16.3. The number of benzene rings is 5. The molecule has 0 N–H and O–H groups in total. The molecule has 4 aromatic heterocycles. The van der Waals surface area contributed by atoms with E-state index >= 15 is 9.59 Å². The summed E-state index contributed by atoms with van der Waals surface area (Å²) in [5, 5.41) is 12.6. The Hall–Kier alpha value is -5.38. The van der Waals surface area contributed by atoms with E-state index in [0.29, 0.717) is 47.9 Å². The van der Waals surface area contributed by atoms with Crippen LogP contribution in [0.1, 0.15) is 283 Å². The third kappa shape index (κ3) is 17.7. The zero-order chi connectivity index (χ0) is 68.3. The predicted molar refractivity (Wildman–Crippen MR) is 437 cm³/mol. The molecule has 0 aliphatic carbocycles. The van der Waals surface area contributed by atoms with Crippen LogP contribution in [0.25, 0.3) is 83.5 Å². The van der Waals surface area contributed by atoms with E-state index < -0.39 is 0 Å². The second-order valence-electron chi connectivity index (χ2n) is 29.9. The number of carbonyl (C=O) groups is 2. The fraction of sp³-hybridized carbons (Fsp3) is 0.533. The van der Waals surface area contributed by atoms with Gasteiger partial charge in [-0.25, -0.2) is 0 Å². The first kappa shape index (κ1) is 73.8. The van der Waals surface area contributed by atoms with Crippen LogP contribution < -0.4 is 9.80 Å². The van der Waals surface area contributed by atoms with E-state index in [0.717, 1.165) is 86.7 Å². The van der Waals surface area contributed by atoms with Crippen LogP contribution in [-0.4, -0.2) is 24.9 Å². The first-order chi connectivity index (χ1) is 48.1. The molecule has 9 aromatic rings. The lowest BCUT2D eigenvalue weighted by molar-refractivity contribution is -0.114. The summed E-state index contributed by atoms with van der Waals surface area (Å²) in [6.45, 7) is 19.9. The van der Waals surface area contributed by atoms with Gasteiger partial charge >= 0.3 is 0 Å². The van der Waals surface area contributed by atoms with E-state index in [9.17, 15) is 0 Å². The number of hydrogen-bond acceptors (Lipinski definition) is 6. The molecule has 98 heavy (non-hydrogen) atoms. The lowest BCUT2D eigenvalue weighted by Gasteiger charge is -2.25. The van der Waals surface area contributed by atoms with E-state index in [1.54, 1.807) is 0 Å². The molecule has 2 aliphatic rings. The number of nitrogens with zero attached hydrogens (tertiary/aromatic N) is 2. The molecule has 0 spiro atoms. The molecule has 4 atom stereocenters. The maximum Gasteiger partial charge on any atom is 0.259 e. The number of hydrogen-bond donors (Lipinski definition) is 0. The van der Waals surface area contributed by atoms with Crippen molar-refractivity contribution >= 4 is 121 Å². The van der Waals surface area contributed by atoms with Crippen LogP contribution in [0, 0.1) is 23.7 Å². The zero-order valence-electron chi connectivity index (χ0n) is 61.5. The highest BCUT2D eigenvalue weighted by Crippen LogP contribution is 2.52. The molecule has 0 bridgehead atoms. The smallest absolute Gasteiger partial charge is 0.259 e. The van der Waals surface area contributed by atoms with Crippen molar-refractivity contribution in [3.63, 3.8) is 0 Å². The van der Waals surface area contributed by atoms with Gasteiger partial charge in [-0.2, -0.15) is 0 Å². The first-order valence-corrected chi connectivity index (χ1v) is 43.1. The number of amides is 2. The highest BCUT2D eigenvalue weighted by molar-refractivity contribution is 7.27. The molecule has 5 aromatic carbocycles. The summed E-state index contributed by atoms with van der Waals surface area (Å²) in [4.78, 5) is 42.1. The van der Waals surface area contributed by atoms with Crippen LogP contribution in [0.5, 0.6) is 0 Å². The van der Waals surface area contributed by atoms with E-state index in [2.05, 4.69) is 173 Å². The number of rotatable bonds is 43. The molecule has 6 heterocycles. The van der Waals surface area contributed by atoms with Crippen molar-refractivity contribution in [1.29, 1.82) is 0 Å². The van der Waals surface area contributed by atoms with Crippen LogP contribution >= 0.6 is 45.3 Å². The van der Waals surface area contributed by atoms with Crippen molar-refractivity contribution < 1.29 is 9.59 Å². The lowest BCUT2D eigenvalue weighted by Crippen LogP contribution is -2.34. The number of fused-ring (bicyclic) bond motifs is 9. The highest BCUT2D eigenvalue weighted by Gasteiger charge is 2.44. The number of carbonyl (C=O) groups excluding carboxylic acids is 2. The first-order valence-electron chi connectivity index (χ1n) is 39.7. The fourth-order valence-electron chi connectivity index (χ4n) is 16.5. The van der Waals surface area contributed by atoms with Gasteiger partial charge in [-0.15, -0.1) is 45.3 Å². The molecular formula is C90H118N2O2S4. The van der Waals surface area contributed by atoms with Gasteiger partial charge in [0.15, 0.2) is 0 Å². The number of unbranched alkanes of at least 4 members (excludes halogenated alkanes) is 16. The monoisotopic (exact) mass is 1390 g/mol. The van der Waals surface area contributed by atoms with E-state index in [4.69, 9.17) is 0 Å². The van der Waals surface area contributed by atoms with Crippen LogP contribution in [0.15, 0.2) is 108 Å². The molecule has 8 heteroatoms. The van der Waals surface area contributed by atoms with Crippen molar-refractivity contribution in [3.05, 3.63) is 130 Å². The second-order valence-corrected chi connectivity index (χ2v) is 33.9. The summed E-state index contributed by atoms with van der Waals surface area (Å²) in [5.41, 5.74) is 10.3. The minimum atomic E-state index is 0.00392. The summed E-state index contributed by atoms with van der Waals surface area (Å²) in [7, 11) is 0. The summed E-state index contributed by atoms with van der Waals surface area (Å²) in [6.07, 6.45) is 41.5. The Morgan fingerprint density at radius 2 is 0.806 bits per heavy atom. The Balaban J connectivity index is 1.03. The van der Waals surface area contributed by atoms with E-state index in [1.165, 1.54) is 238 Å². The molecule has 11 rings (SSSR count). The molecule has 4 unspecified atom stereocenters. The summed E-state index contributed by atoms with van der Waals surface area (Å²) in [5.74, 6) is 2.09. The van der Waals surface area contributed by atoms with Gasteiger partial charge < -0.3 is 9.80 Å². The highest BCUT2D eigenvalue weighted by atomic mass is 32.1. The Bertz CT molecular complexity index is 4070. The maximum absolute atomic E-state index is 16.3. The summed E-state index contributed by atoms with van der Waals surface area (Å²) in [6, 6.07) is 37.7. The number of anilines is 2. The molecule has 2 amide bonds. The Morgan fingerprint density at radius 3 is 1.33 bits per heavy atom.